The van der Waals surface area contributed by atoms with Crippen molar-refractivity contribution >= 4 is 27.6 Å². The summed E-state index contributed by atoms with van der Waals surface area (Å²) >= 11 is 1.30. The predicted octanol–water partition coefficient (Wildman–Crippen LogP) is 4.46. The highest BCUT2D eigenvalue weighted by molar-refractivity contribution is 7.16. The molecule has 24 heavy (non-hydrogen) atoms. The van der Waals surface area contributed by atoms with Crippen molar-refractivity contribution in [2.24, 2.45) is 4.99 Å². The number of nitrogens with one attached hydrogen (secondary N) is 1. The molecule has 0 aliphatic rings. The number of alkyl halides is 3. The van der Waals surface area contributed by atoms with Crippen molar-refractivity contribution in [1.29, 1.82) is 0 Å². The Kier molecular flexibility index (Phi) is 6.42. The van der Waals surface area contributed by atoms with Crippen LogP contribution in [0.5, 0.6) is 0 Å². The van der Waals surface area contributed by atoms with Gasteiger partial charge in [-0.15, -0.1) is 0 Å². The average molecular weight is 359 g/mol. The number of thiazole rings is 1. The number of amides is 2. The minimum atomic E-state index is -4.44. The van der Waals surface area contributed by atoms with Gasteiger partial charge in [0, 0.05) is 6.54 Å². The molecular formula is C16H20F3N3OS. The lowest BCUT2D eigenvalue weighted by Crippen LogP contribution is -2.33. The Morgan fingerprint density at radius 2 is 2.00 bits per heavy atom. The van der Waals surface area contributed by atoms with Gasteiger partial charge in [-0.25, -0.2) is 4.79 Å². The highest BCUT2D eigenvalue weighted by Crippen LogP contribution is 2.17. The second-order valence-corrected chi connectivity index (χ2v) is 6.46. The average Bonchev–Trinajstić information content (AvgIpc) is 2.86. The molecule has 0 radical (unpaired) electrons. The summed E-state index contributed by atoms with van der Waals surface area (Å²) in [6.07, 6.45) is -0.200. The zero-order chi connectivity index (χ0) is 17.6. The number of para-hydroxylation sites is 1. The lowest BCUT2D eigenvalue weighted by Gasteiger charge is -2.06. The molecule has 0 spiro atoms. The third kappa shape index (κ3) is 5.36. The summed E-state index contributed by atoms with van der Waals surface area (Å²) in [6.45, 7) is 1.44. The molecule has 2 aromatic rings. The third-order valence-electron chi connectivity index (χ3n) is 3.46. The monoisotopic (exact) mass is 359 g/mol. The van der Waals surface area contributed by atoms with Gasteiger partial charge in [0.2, 0.25) is 0 Å². The summed E-state index contributed by atoms with van der Waals surface area (Å²) in [4.78, 5) is 15.9. The van der Waals surface area contributed by atoms with E-state index >= 15 is 0 Å². The number of hydrogen-bond donors (Lipinski definition) is 1. The van der Waals surface area contributed by atoms with Gasteiger partial charge in [0.05, 0.1) is 10.2 Å². The molecule has 2 rings (SSSR count). The maximum absolute atomic E-state index is 12.2. The van der Waals surface area contributed by atoms with Crippen molar-refractivity contribution in [1.82, 2.24) is 9.88 Å². The molecular weight excluding hydrogens is 339 g/mol. The number of carbonyl (C=O) groups is 1. The third-order valence-corrected chi connectivity index (χ3v) is 4.52. The van der Waals surface area contributed by atoms with E-state index in [0.29, 0.717) is 11.3 Å². The first kappa shape index (κ1) is 18.5. The number of unbranched alkanes of at least 4 members (excludes halogenated alkanes) is 3. The number of nitrogens with zero attached hydrogens (tertiary/aromatic N) is 2. The number of halogens is 3. The summed E-state index contributed by atoms with van der Waals surface area (Å²) in [7, 11) is 0. The fraction of sp³-hybridized carbons (Fsp3) is 0.500. The van der Waals surface area contributed by atoms with Crippen molar-refractivity contribution in [3.05, 3.63) is 29.1 Å². The molecule has 0 atom stereocenters. The lowest BCUT2D eigenvalue weighted by atomic mass is 10.2. The van der Waals surface area contributed by atoms with Gasteiger partial charge in [0.1, 0.15) is 6.54 Å². The van der Waals surface area contributed by atoms with Crippen LogP contribution in [0.4, 0.5) is 18.0 Å². The number of benzene rings is 1. The Balaban J connectivity index is 2.24. The first-order valence-corrected chi connectivity index (χ1v) is 8.70. The fourth-order valence-electron chi connectivity index (χ4n) is 2.32. The second-order valence-electron chi connectivity index (χ2n) is 5.45. The normalized spacial score (nSPS) is 12.8. The van der Waals surface area contributed by atoms with Crippen LogP contribution < -0.4 is 10.1 Å². The number of fused-ring (bicyclic) bond motifs is 1. The van der Waals surface area contributed by atoms with Gasteiger partial charge in [-0.3, -0.25) is 0 Å². The Hall–Kier alpha value is -1.83. The largest absolute Gasteiger partial charge is 0.405 e. The van der Waals surface area contributed by atoms with Crippen molar-refractivity contribution in [2.75, 3.05) is 6.54 Å². The highest BCUT2D eigenvalue weighted by Gasteiger charge is 2.27. The summed E-state index contributed by atoms with van der Waals surface area (Å²) in [5, 5.41) is 1.78. The van der Waals surface area contributed by atoms with E-state index in [2.05, 4.69) is 11.9 Å². The molecule has 1 heterocycles. The van der Waals surface area contributed by atoms with E-state index in [1.54, 1.807) is 5.32 Å². The molecule has 0 saturated heterocycles. The minimum Gasteiger partial charge on any atom is -0.327 e. The first-order chi connectivity index (χ1) is 11.4. The Bertz CT molecular complexity index is 749. The molecule has 8 heteroatoms. The smallest absolute Gasteiger partial charge is 0.327 e. The Morgan fingerprint density at radius 3 is 2.71 bits per heavy atom. The van der Waals surface area contributed by atoms with Gasteiger partial charge in [-0.05, 0) is 18.6 Å². The zero-order valence-corrected chi connectivity index (χ0v) is 14.2. The van der Waals surface area contributed by atoms with Crippen molar-refractivity contribution < 1.29 is 18.0 Å². The maximum atomic E-state index is 12.2. The van der Waals surface area contributed by atoms with Gasteiger partial charge < -0.3 is 9.88 Å². The molecule has 0 aliphatic carbocycles. The second kappa shape index (κ2) is 8.32. The highest BCUT2D eigenvalue weighted by atomic mass is 32.1. The molecule has 0 unspecified atom stereocenters. The van der Waals surface area contributed by atoms with Crippen LogP contribution in [0.15, 0.2) is 29.3 Å². The lowest BCUT2D eigenvalue weighted by molar-refractivity contribution is -0.122. The molecule has 1 aromatic carbocycles. The van der Waals surface area contributed by atoms with Crippen molar-refractivity contribution in [3.8, 4) is 0 Å². The maximum Gasteiger partial charge on any atom is 0.405 e. The molecule has 0 fully saturated rings. The molecule has 0 aliphatic heterocycles. The molecule has 0 bridgehead atoms. The number of urea groups is 1. The minimum absolute atomic E-state index is 0.423. The molecule has 2 amide bonds. The summed E-state index contributed by atoms with van der Waals surface area (Å²) in [5.41, 5.74) is 0.946. The summed E-state index contributed by atoms with van der Waals surface area (Å²) in [5.74, 6) is 0. The molecule has 0 saturated carbocycles. The van der Waals surface area contributed by atoms with Crippen molar-refractivity contribution in [2.45, 2.75) is 45.3 Å². The van der Waals surface area contributed by atoms with E-state index in [1.807, 2.05) is 28.8 Å². The van der Waals surface area contributed by atoms with Gasteiger partial charge in [0.25, 0.3) is 0 Å². The molecule has 4 nitrogen and oxygen atoms in total. The number of hydrogen-bond acceptors (Lipinski definition) is 2. The van der Waals surface area contributed by atoms with Crippen LogP contribution >= 0.6 is 11.3 Å². The summed E-state index contributed by atoms with van der Waals surface area (Å²) < 4.78 is 39.4. The predicted molar refractivity (Wildman–Crippen MR) is 89.0 cm³/mol. The topological polar surface area (TPSA) is 46.4 Å². The van der Waals surface area contributed by atoms with E-state index in [4.69, 9.17) is 0 Å². The van der Waals surface area contributed by atoms with Crippen LogP contribution in [0.25, 0.3) is 10.2 Å². The molecule has 1 N–H and O–H groups in total. The van der Waals surface area contributed by atoms with Crippen LogP contribution in [-0.2, 0) is 6.54 Å². The van der Waals surface area contributed by atoms with Gasteiger partial charge >= 0.3 is 12.2 Å². The number of rotatable bonds is 6. The van der Waals surface area contributed by atoms with E-state index in [1.165, 1.54) is 11.3 Å². The number of aromatic nitrogens is 1. The van der Waals surface area contributed by atoms with Crippen molar-refractivity contribution in [3.63, 3.8) is 0 Å². The van der Waals surface area contributed by atoms with Crippen LogP contribution in [0.1, 0.15) is 32.6 Å². The van der Waals surface area contributed by atoms with E-state index in [-0.39, 0.29) is 0 Å². The first-order valence-electron chi connectivity index (χ1n) is 7.88. The van der Waals surface area contributed by atoms with E-state index in [0.717, 1.165) is 35.9 Å². The van der Waals surface area contributed by atoms with Crippen LogP contribution in [0.3, 0.4) is 0 Å². The fourth-order valence-corrected chi connectivity index (χ4v) is 3.38. The number of aryl methyl sites for hydroxylation is 1. The van der Waals surface area contributed by atoms with E-state index in [9.17, 15) is 18.0 Å². The quantitative estimate of drug-likeness (QED) is 0.761. The molecule has 1 aromatic heterocycles. The van der Waals surface area contributed by atoms with Gasteiger partial charge in [-0.2, -0.15) is 18.2 Å². The number of carbonyl (C=O) groups excluding carboxylic acids is 1. The standard InChI is InChI=1S/C16H20F3N3OS/c1-2-3-4-7-10-22-12-8-5-6-9-13(12)24-15(22)21-14(23)20-11-16(17,18)19/h5-6,8-9H,2-4,7,10-11H2,1H3,(H,20,23). The summed E-state index contributed by atoms with van der Waals surface area (Å²) in [6, 6.07) is 6.65. The Morgan fingerprint density at radius 1 is 1.25 bits per heavy atom. The van der Waals surface area contributed by atoms with Crippen LogP contribution in [-0.4, -0.2) is 23.3 Å². The van der Waals surface area contributed by atoms with Crippen LogP contribution in [0, 0.1) is 0 Å². The zero-order valence-electron chi connectivity index (χ0n) is 13.4. The van der Waals surface area contributed by atoms with Gasteiger partial charge in [0.15, 0.2) is 4.80 Å². The van der Waals surface area contributed by atoms with Gasteiger partial charge in [-0.1, -0.05) is 49.7 Å². The van der Waals surface area contributed by atoms with E-state index < -0.39 is 18.8 Å². The van der Waals surface area contributed by atoms with Crippen LogP contribution in [0.2, 0.25) is 0 Å². The Labute approximate surface area is 142 Å². The molecule has 132 valence electrons. The SMILES string of the molecule is CCCCCCn1c(=NC(=O)NCC(F)(F)F)sc2ccccc21.